The number of carbonyl (C=O) groups is 1. The van der Waals surface area contributed by atoms with E-state index in [-0.39, 0.29) is 5.91 Å². The van der Waals surface area contributed by atoms with Crippen molar-refractivity contribution in [2.45, 2.75) is 76.7 Å². The van der Waals surface area contributed by atoms with Gasteiger partial charge in [-0.3, -0.25) is 14.4 Å². The van der Waals surface area contributed by atoms with Crippen molar-refractivity contribution in [3.8, 4) is 0 Å². The molecule has 4 N–H and O–H groups in total. The highest BCUT2D eigenvalue weighted by atomic mass is 16.2. The molecule has 3 heterocycles. The van der Waals surface area contributed by atoms with E-state index < -0.39 is 6.04 Å². The van der Waals surface area contributed by atoms with Crippen LogP contribution in [0.5, 0.6) is 0 Å². The van der Waals surface area contributed by atoms with Crippen LogP contribution in [0.25, 0.3) is 0 Å². The zero-order chi connectivity index (χ0) is 19.3. The van der Waals surface area contributed by atoms with Gasteiger partial charge in [0, 0.05) is 44.0 Å². The van der Waals surface area contributed by atoms with Crippen molar-refractivity contribution >= 4 is 5.91 Å². The molecule has 2 aromatic rings. The quantitative estimate of drug-likeness (QED) is 0.696. The van der Waals surface area contributed by atoms with E-state index in [0.29, 0.717) is 13.0 Å². The van der Waals surface area contributed by atoms with E-state index >= 15 is 0 Å². The molecule has 8 heteroatoms. The summed E-state index contributed by atoms with van der Waals surface area (Å²) in [5.74, 6) is -0.165. The number of aryl methyl sites for hydroxylation is 1. The number of nitrogens with one attached hydrogen (secondary N) is 2. The Bertz CT molecular complexity index is 764. The first kappa shape index (κ1) is 19.1. The number of aromatic amines is 1. The SMILES string of the molecule is N[C@@H](Cc1cnc[nH]1)C(=O)NCc1cc2n(n1)CCCN(C1CCCCC1)C2. The van der Waals surface area contributed by atoms with Gasteiger partial charge in [0.2, 0.25) is 5.91 Å². The Morgan fingerprint density at radius 2 is 2.14 bits per heavy atom. The number of nitrogens with two attached hydrogens (primary N) is 1. The van der Waals surface area contributed by atoms with Crippen LogP contribution in [0.3, 0.4) is 0 Å². The van der Waals surface area contributed by atoms with Crippen molar-refractivity contribution < 1.29 is 4.79 Å². The lowest BCUT2D eigenvalue weighted by Crippen LogP contribution is -2.41. The van der Waals surface area contributed by atoms with Gasteiger partial charge in [0.05, 0.1) is 30.3 Å². The Labute approximate surface area is 165 Å². The minimum absolute atomic E-state index is 0.165. The van der Waals surface area contributed by atoms with Crippen molar-refractivity contribution in [2.24, 2.45) is 5.73 Å². The minimum Gasteiger partial charge on any atom is -0.349 e. The molecule has 2 aliphatic rings. The third-order valence-electron chi connectivity index (χ3n) is 5.96. The summed E-state index contributed by atoms with van der Waals surface area (Å²) in [6.07, 6.45) is 11.6. The van der Waals surface area contributed by atoms with E-state index in [4.69, 9.17) is 10.8 Å². The number of aromatic nitrogens is 4. The second-order valence-electron chi connectivity index (χ2n) is 8.07. The summed E-state index contributed by atoms with van der Waals surface area (Å²) in [6.45, 7) is 3.48. The maximum Gasteiger partial charge on any atom is 0.237 e. The standard InChI is InChI=1S/C20H31N7O/c21-19(10-15-11-22-14-24-15)20(28)23-12-16-9-18-13-26(7-4-8-27(18)25-16)17-5-2-1-3-6-17/h9,11,14,17,19H,1-8,10,12-13,21H2,(H,22,24)(H,23,28)/t19-/m0/s1. The molecule has 152 valence electrons. The van der Waals surface area contributed by atoms with E-state index in [1.54, 1.807) is 12.5 Å². The third kappa shape index (κ3) is 4.62. The minimum atomic E-state index is -0.595. The molecule has 1 saturated carbocycles. The normalized spacial score (nSPS) is 19.8. The van der Waals surface area contributed by atoms with Gasteiger partial charge in [-0.1, -0.05) is 19.3 Å². The molecule has 28 heavy (non-hydrogen) atoms. The van der Waals surface area contributed by atoms with E-state index in [9.17, 15) is 4.79 Å². The van der Waals surface area contributed by atoms with Crippen LogP contribution < -0.4 is 11.1 Å². The molecule has 2 aromatic heterocycles. The van der Waals surface area contributed by atoms with Crippen LogP contribution in [0.1, 0.15) is 55.6 Å². The third-order valence-corrected chi connectivity index (χ3v) is 5.96. The molecule has 0 radical (unpaired) electrons. The van der Waals surface area contributed by atoms with Crippen molar-refractivity contribution in [3.05, 3.63) is 35.7 Å². The molecule has 0 aromatic carbocycles. The van der Waals surface area contributed by atoms with Gasteiger partial charge in [0.15, 0.2) is 0 Å². The zero-order valence-corrected chi connectivity index (χ0v) is 16.4. The molecule has 1 amide bonds. The Morgan fingerprint density at radius 3 is 2.93 bits per heavy atom. The first-order valence-electron chi connectivity index (χ1n) is 10.5. The van der Waals surface area contributed by atoms with E-state index in [1.807, 2.05) is 0 Å². The number of hydrogen-bond donors (Lipinski definition) is 3. The molecule has 0 unspecified atom stereocenters. The molecule has 8 nitrogen and oxygen atoms in total. The van der Waals surface area contributed by atoms with Gasteiger partial charge < -0.3 is 16.0 Å². The predicted molar refractivity (Wildman–Crippen MR) is 106 cm³/mol. The largest absolute Gasteiger partial charge is 0.349 e. The van der Waals surface area contributed by atoms with Crippen LogP contribution in [0.2, 0.25) is 0 Å². The van der Waals surface area contributed by atoms with Crippen LogP contribution in [-0.2, 0) is 30.8 Å². The van der Waals surface area contributed by atoms with Gasteiger partial charge in [-0.15, -0.1) is 0 Å². The fraction of sp³-hybridized carbons (Fsp3) is 0.650. The fourth-order valence-electron chi connectivity index (χ4n) is 4.43. The molecule has 0 bridgehead atoms. The molecular formula is C20H31N7O. The maximum atomic E-state index is 12.3. The van der Waals surface area contributed by atoms with Crippen LogP contribution in [0, 0.1) is 0 Å². The summed E-state index contributed by atoms with van der Waals surface area (Å²) in [6, 6.07) is 2.27. The average molecular weight is 386 g/mol. The topological polar surface area (TPSA) is 105 Å². The summed E-state index contributed by atoms with van der Waals surface area (Å²) in [7, 11) is 0. The van der Waals surface area contributed by atoms with Gasteiger partial charge >= 0.3 is 0 Å². The lowest BCUT2D eigenvalue weighted by molar-refractivity contribution is -0.122. The summed E-state index contributed by atoms with van der Waals surface area (Å²) in [5.41, 5.74) is 9.02. The molecule has 0 spiro atoms. The summed E-state index contributed by atoms with van der Waals surface area (Å²) in [4.78, 5) is 21.9. The van der Waals surface area contributed by atoms with Gasteiger partial charge in [-0.05, 0) is 25.3 Å². The van der Waals surface area contributed by atoms with Crippen LogP contribution in [-0.4, -0.2) is 49.2 Å². The summed E-state index contributed by atoms with van der Waals surface area (Å²) < 4.78 is 2.12. The molecular weight excluding hydrogens is 354 g/mol. The van der Waals surface area contributed by atoms with Crippen LogP contribution in [0.15, 0.2) is 18.6 Å². The zero-order valence-electron chi connectivity index (χ0n) is 16.4. The number of fused-ring (bicyclic) bond motifs is 1. The highest BCUT2D eigenvalue weighted by Crippen LogP contribution is 2.26. The fourth-order valence-corrected chi connectivity index (χ4v) is 4.43. The Kier molecular flexibility index (Phi) is 6.07. The van der Waals surface area contributed by atoms with Crippen molar-refractivity contribution in [1.82, 2.24) is 30.0 Å². The van der Waals surface area contributed by atoms with Gasteiger partial charge in [0.1, 0.15) is 0 Å². The number of nitrogens with zero attached hydrogens (tertiary/aromatic N) is 4. The van der Waals surface area contributed by atoms with E-state index in [1.165, 1.54) is 37.8 Å². The molecule has 1 aliphatic heterocycles. The molecule has 1 aliphatic carbocycles. The lowest BCUT2D eigenvalue weighted by Gasteiger charge is -2.33. The van der Waals surface area contributed by atoms with E-state index in [0.717, 1.165) is 43.5 Å². The maximum absolute atomic E-state index is 12.3. The Morgan fingerprint density at radius 1 is 1.29 bits per heavy atom. The Balaban J connectivity index is 1.32. The van der Waals surface area contributed by atoms with E-state index in [2.05, 4.69) is 30.9 Å². The molecule has 4 rings (SSSR count). The highest BCUT2D eigenvalue weighted by Gasteiger charge is 2.25. The second kappa shape index (κ2) is 8.87. The van der Waals surface area contributed by atoms with Crippen molar-refractivity contribution in [1.29, 1.82) is 0 Å². The molecule has 1 atom stereocenters. The molecule has 1 fully saturated rings. The monoisotopic (exact) mass is 385 g/mol. The highest BCUT2D eigenvalue weighted by molar-refractivity contribution is 5.81. The van der Waals surface area contributed by atoms with Crippen molar-refractivity contribution in [2.75, 3.05) is 6.54 Å². The summed E-state index contributed by atoms with van der Waals surface area (Å²) >= 11 is 0. The summed E-state index contributed by atoms with van der Waals surface area (Å²) in [5, 5.41) is 7.64. The lowest BCUT2D eigenvalue weighted by atomic mass is 9.94. The first-order chi connectivity index (χ1) is 13.7. The number of amides is 1. The molecule has 0 saturated heterocycles. The first-order valence-corrected chi connectivity index (χ1v) is 10.5. The number of rotatable bonds is 6. The number of H-pyrrole nitrogens is 1. The van der Waals surface area contributed by atoms with Gasteiger partial charge in [-0.2, -0.15) is 5.10 Å². The van der Waals surface area contributed by atoms with Gasteiger partial charge in [-0.25, -0.2) is 4.98 Å². The van der Waals surface area contributed by atoms with Crippen LogP contribution >= 0.6 is 0 Å². The smallest absolute Gasteiger partial charge is 0.237 e. The Hall–Kier alpha value is -2.19. The number of hydrogen-bond acceptors (Lipinski definition) is 5. The van der Waals surface area contributed by atoms with Crippen LogP contribution in [0.4, 0.5) is 0 Å². The average Bonchev–Trinajstić information content (AvgIpc) is 3.32. The van der Waals surface area contributed by atoms with Crippen molar-refractivity contribution in [3.63, 3.8) is 0 Å². The predicted octanol–water partition coefficient (Wildman–Crippen LogP) is 1.33. The second-order valence-corrected chi connectivity index (χ2v) is 8.07. The number of imidazole rings is 1. The van der Waals surface area contributed by atoms with Gasteiger partial charge in [0.25, 0.3) is 0 Å². The number of carbonyl (C=O) groups excluding carboxylic acids is 1.